The molecule has 1 amide bonds. The van der Waals surface area contributed by atoms with Crippen LogP contribution in [-0.2, 0) is 6.54 Å². The van der Waals surface area contributed by atoms with Gasteiger partial charge in [-0.05, 0) is 36.3 Å². The molecule has 0 radical (unpaired) electrons. The van der Waals surface area contributed by atoms with E-state index in [1.165, 1.54) is 12.8 Å². The maximum atomic E-state index is 12.1. The number of H-pyrrole nitrogens is 1. The molecule has 22 heavy (non-hydrogen) atoms. The number of aromatic nitrogens is 1. The predicted octanol–water partition coefficient (Wildman–Crippen LogP) is 2.73. The molecule has 0 aromatic carbocycles. The molecule has 0 spiro atoms. The second kappa shape index (κ2) is 6.92. The molecule has 2 N–H and O–H groups in total. The Labute approximate surface area is 135 Å². The van der Waals surface area contributed by atoms with Gasteiger partial charge in [-0.3, -0.25) is 9.69 Å². The minimum atomic E-state index is -0.0385. The first kappa shape index (κ1) is 15.0. The summed E-state index contributed by atoms with van der Waals surface area (Å²) in [5.41, 5.74) is 0.672. The Hall–Kier alpha value is -1.88. The Morgan fingerprint density at radius 1 is 1.36 bits per heavy atom. The summed E-state index contributed by atoms with van der Waals surface area (Å²) in [5.74, 6) is 1.88. The molecular weight excluding hydrogens is 294 g/mol. The van der Waals surface area contributed by atoms with Crippen LogP contribution in [0.3, 0.4) is 0 Å². The zero-order valence-electron chi connectivity index (χ0n) is 12.8. The fourth-order valence-electron chi connectivity index (χ4n) is 2.69. The molecule has 0 aliphatic carbocycles. The van der Waals surface area contributed by atoms with E-state index >= 15 is 0 Å². The Balaban J connectivity index is 1.57. The number of nitrogens with zero attached hydrogens (tertiary/aromatic N) is 1. The van der Waals surface area contributed by atoms with Gasteiger partial charge in [0, 0.05) is 10.9 Å². The van der Waals surface area contributed by atoms with Crippen LogP contribution in [0.5, 0.6) is 0 Å². The number of hydrogen-bond acceptors (Lipinski definition) is 3. The van der Waals surface area contributed by atoms with Gasteiger partial charge in [0.05, 0.1) is 25.2 Å². The van der Waals surface area contributed by atoms with Crippen molar-refractivity contribution in [2.24, 2.45) is 5.92 Å². The number of piperidine rings is 1. The van der Waals surface area contributed by atoms with Crippen LogP contribution in [0.1, 0.15) is 35.0 Å². The van der Waals surface area contributed by atoms with Crippen molar-refractivity contribution in [3.05, 3.63) is 46.3 Å². The molecule has 1 aliphatic rings. The van der Waals surface area contributed by atoms with Gasteiger partial charge in [-0.15, -0.1) is 11.3 Å². The van der Waals surface area contributed by atoms with Crippen LogP contribution in [0.4, 0.5) is 5.82 Å². The summed E-state index contributed by atoms with van der Waals surface area (Å²) in [7, 11) is 0. The van der Waals surface area contributed by atoms with Crippen LogP contribution in [0.2, 0.25) is 0 Å². The molecule has 2 aromatic heterocycles. The molecule has 2 aromatic rings. The summed E-state index contributed by atoms with van der Waals surface area (Å²) in [4.78, 5) is 18.9. The van der Waals surface area contributed by atoms with Crippen LogP contribution < -0.4 is 15.2 Å². The first-order valence-electron chi connectivity index (χ1n) is 7.79. The van der Waals surface area contributed by atoms with E-state index in [0.29, 0.717) is 12.1 Å². The fraction of sp³-hybridized carbons (Fsp3) is 0.412. The molecule has 1 saturated heterocycles. The number of amides is 1. The predicted molar refractivity (Wildman–Crippen MR) is 89.1 cm³/mol. The number of thiophene rings is 1. The van der Waals surface area contributed by atoms with E-state index < -0.39 is 0 Å². The summed E-state index contributed by atoms with van der Waals surface area (Å²) in [5, 5.41) is 4.96. The zero-order chi connectivity index (χ0) is 15.4. The van der Waals surface area contributed by atoms with Crippen molar-refractivity contribution >= 4 is 23.1 Å². The van der Waals surface area contributed by atoms with Crippen LogP contribution in [0.25, 0.3) is 0 Å². The Morgan fingerprint density at radius 3 is 2.82 bits per heavy atom. The molecule has 1 aliphatic heterocycles. The van der Waals surface area contributed by atoms with E-state index in [1.807, 2.05) is 29.6 Å². The van der Waals surface area contributed by atoms with Gasteiger partial charge in [0.25, 0.3) is 11.7 Å². The monoisotopic (exact) mass is 316 g/mol. The van der Waals surface area contributed by atoms with Gasteiger partial charge in [0.1, 0.15) is 6.20 Å². The zero-order valence-corrected chi connectivity index (χ0v) is 13.7. The van der Waals surface area contributed by atoms with E-state index in [1.54, 1.807) is 17.5 Å². The molecule has 5 heteroatoms. The van der Waals surface area contributed by atoms with Gasteiger partial charge in [0.15, 0.2) is 0 Å². The smallest absolute Gasteiger partial charge is 0.274 e. The molecule has 3 heterocycles. The number of pyridine rings is 1. The standard InChI is InChI=1S/C17H21N3OS/c1-13-6-8-20(9-7-13)16-5-4-14(11-18-16)17(21)19-12-15-3-2-10-22-15/h2-5,10-11,13H,6-9,12H2,1H3,(H,19,21)/p+1. The number of hydrogen-bond donors (Lipinski definition) is 1. The van der Waals surface area contributed by atoms with Crippen molar-refractivity contribution in [2.75, 3.05) is 18.0 Å². The van der Waals surface area contributed by atoms with Crippen molar-refractivity contribution < 1.29 is 9.78 Å². The summed E-state index contributed by atoms with van der Waals surface area (Å²) < 4.78 is 0. The third-order valence-corrected chi connectivity index (χ3v) is 5.06. The maximum Gasteiger partial charge on any atom is 0.274 e. The van der Waals surface area contributed by atoms with Crippen molar-refractivity contribution in [1.29, 1.82) is 0 Å². The second-order valence-corrected chi connectivity index (χ2v) is 6.93. The highest BCUT2D eigenvalue weighted by Crippen LogP contribution is 2.19. The summed E-state index contributed by atoms with van der Waals surface area (Å²) in [6, 6.07) is 7.93. The molecule has 4 nitrogen and oxygen atoms in total. The van der Waals surface area contributed by atoms with Crippen molar-refractivity contribution in [3.63, 3.8) is 0 Å². The van der Waals surface area contributed by atoms with E-state index in [-0.39, 0.29) is 5.91 Å². The van der Waals surface area contributed by atoms with Crippen LogP contribution in [0, 0.1) is 5.92 Å². The normalized spacial score (nSPS) is 15.8. The average molecular weight is 316 g/mol. The first-order valence-corrected chi connectivity index (χ1v) is 8.67. The highest BCUT2D eigenvalue weighted by atomic mass is 32.1. The van der Waals surface area contributed by atoms with Gasteiger partial charge in [0.2, 0.25) is 0 Å². The van der Waals surface area contributed by atoms with Gasteiger partial charge < -0.3 is 5.32 Å². The molecule has 116 valence electrons. The number of anilines is 1. The van der Waals surface area contributed by atoms with E-state index in [9.17, 15) is 4.79 Å². The largest absolute Gasteiger partial charge is 0.347 e. The van der Waals surface area contributed by atoms with Gasteiger partial charge in [-0.25, -0.2) is 4.98 Å². The van der Waals surface area contributed by atoms with Crippen molar-refractivity contribution in [2.45, 2.75) is 26.3 Å². The first-order chi connectivity index (χ1) is 10.7. The number of carbonyl (C=O) groups excluding carboxylic acids is 1. The van der Waals surface area contributed by atoms with E-state index in [4.69, 9.17) is 0 Å². The lowest BCUT2D eigenvalue weighted by Gasteiger charge is -2.25. The Bertz CT molecular complexity index is 601. The third kappa shape index (κ3) is 3.65. The highest BCUT2D eigenvalue weighted by Gasteiger charge is 2.22. The molecule has 1 fully saturated rings. The average Bonchev–Trinajstić information content (AvgIpc) is 3.07. The molecule has 0 saturated carbocycles. The van der Waals surface area contributed by atoms with E-state index in [2.05, 4.69) is 22.1 Å². The Kier molecular flexibility index (Phi) is 4.73. The lowest BCUT2D eigenvalue weighted by atomic mass is 9.99. The maximum absolute atomic E-state index is 12.1. The van der Waals surface area contributed by atoms with Crippen LogP contribution in [0.15, 0.2) is 35.8 Å². The van der Waals surface area contributed by atoms with Gasteiger partial charge in [-0.2, -0.15) is 0 Å². The lowest BCUT2D eigenvalue weighted by molar-refractivity contribution is -0.364. The topological polar surface area (TPSA) is 46.5 Å². The molecule has 3 rings (SSSR count). The molecule has 0 atom stereocenters. The number of aromatic amines is 1. The third-order valence-electron chi connectivity index (χ3n) is 4.19. The summed E-state index contributed by atoms with van der Waals surface area (Å²) in [6.45, 7) is 5.06. The Morgan fingerprint density at radius 2 is 2.18 bits per heavy atom. The van der Waals surface area contributed by atoms with Gasteiger partial charge in [-0.1, -0.05) is 13.0 Å². The SMILES string of the molecule is CC1CCN(c2ccc(C(=O)NCc3cccs3)c[nH+]2)CC1. The quantitative estimate of drug-likeness (QED) is 0.943. The van der Waals surface area contributed by atoms with Crippen LogP contribution in [-0.4, -0.2) is 19.0 Å². The number of rotatable bonds is 4. The summed E-state index contributed by atoms with van der Waals surface area (Å²) >= 11 is 1.65. The highest BCUT2D eigenvalue weighted by molar-refractivity contribution is 7.09. The molecule has 0 bridgehead atoms. The number of carbonyl (C=O) groups is 1. The fourth-order valence-corrected chi connectivity index (χ4v) is 3.33. The second-order valence-electron chi connectivity index (χ2n) is 5.89. The molecular formula is C17H22N3OS+. The van der Waals surface area contributed by atoms with Crippen molar-refractivity contribution in [3.8, 4) is 0 Å². The van der Waals surface area contributed by atoms with Gasteiger partial charge >= 0.3 is 0 Å². The van der Waals surface area contributed by atoms with Crippen LogP contribution >= 0.6 is 11.3 Å². The van der Waals surface area contributed by atoms with E-state index in [0.717, 1.165) is 29.7 Å². The minimum absolute atomic E-state index is 0.0385. The molecule has 0 unspecified atom stereocenters. The van der Waals surface area contributed by atoms with Crippen molar-refractivity contribution in [1.82, 2.24) is 5.32 Å². The summed E-state index contributed by atoms with van der Waals surface area (Å²) in [6.07, 6.45) is 4.27. The number of nitrogens with one attached hydrogen (secondary N) is 2. The minimum Gasteiger partial charge on any atom is -0.347 e. The lowest BCUT2D eigenvalue weighted by Crippen LogP contribution is -2.36.